The Morgan fingerprint density at radius 2 is 2.22 bits per heavy atom. The number of amides is 2. The molecule has 1 rings (SSSR count). The van der Waals surface area contributed by atoms with Gasteiger partial charge in [-0.05, 0) is 20.3 Å². The molecule has 7 heteroatoms. The molecule has 5 N–H and O–H groups in total. The first-order valence-corrected chi connectivity index (χ1v) is 6.51. The number of rotatable bonds is 5. The first-order chi connectivity index (χ1) is 8.30. The van der Waals surface area contributed by atoms with E-state index in [0.29, 0.717) is 11.4 Å². The number of primary amides is 1. The summed E-state index contributed by atoms with van der Waals surface area (Å²) >= 11 is 1.31. The van der Waals surface area contributed by atoms with Crippen LogP contribution < -0.4 is 16.8 Å². The van der Waals surface area contributed by atoms with Crippen LogP contribution in [0.1, 0.15) is 48.7 Å². The Hall–Kier alpha value is -1.47. The van der Waals surface area contributed by atoms with Crippen LogP contribution in [-0.2, 0) is 4.79 Å². The molecule has 0 aliphatic rings. The molecule has 0 bridgehead atoms. The lowest BCUT2D eigenvalue weighted by molar-refractivity contribution is -0.123. The second-order valence-corrected chi connectivity index (χ2v) is 5.25. The van der Waals surface area contributed by atoms with Crippen molar-refractivity contribution in [3.8, 4) is 0 Å². The number of hydrogen-bond acceptors (Lipinski definition) is 5. The maximum absolute atomic E-state index is 11.9. The summed E-state index contributed by atoms with van der Waals surface area (Å²) in [6, 6.07) is -0.217. The average Bonchev–Trinajstić information content (AvgIpc) is 2.77. The van der Waals surface area contributed by atoms with Crippen LogP contribution in [0.2, 0.25) is 0 Å². The number of nitrogens with one attached hydrogen (secondary N) is 1. The van der Waals surface area contributed by atoms with Crippen molar-refractivity contribution in [1.82, 2.24) is 10.3 Å². The molecular formula is C11H18N4O2S. The molecule has 100 valence electrons. The third-order valence-electron chi connectivity index (χ3n) is 2.78. The number of carbonyl (C=O) groups excluding carboxylic acids is 2. The topological polar surface area (TPSA) is 111 Å². The van der Waals surface area contributed by atoms with Crippen LogP contribution in [0.25, 0.3) is 0 Å². The zero-order valence-electron chi connectivity index (χ0n) is 10.7. The maximum atomic E-state index is 11.9. The molecular weight excluding hydrogens is 252 g/mol. The van der Waals surface area contributed by atoms with E-state index in [1.807, 2.05) is 0 Å². The fourth-order valence-corrected chi connectivity index (χ4v) is 2.00. The number of nitrogens with two attached hydrogens (primary N) is 2. The quantitative estimate of drug-likeness (QED) is 0.725. The van der Waals surface area contributed by atoms with Crippen LogP contribution in [0.5, 0.6) is 0 Å². The van der Waals surface area contributed by atoms with Crippen LogP contribution in [0.4, 0.5) is 0 Å². The van der Waals surface area contributed by atoms with Crippen LogP contribution in [0.15, 0.2) is 5.38 Å². The Kier molecular flexibility index (Phi) is 4.42. The van der Waals surface area contributed by atoms with Gasteiger partial charge in [-0.25, -0.2) is 4.98 Å². The Morgan fingerprint density at radius 1 is 1.61 bits per heavy atom. The van der Waals surface area contributed by atoms with Gasteiger partial charge in [-0.15, -0.1) is 11.3 Å². The van der Waals surface area contributed by atoms with Gasteiger partial charge < -0.3 is 16.8 Å². The molecule has 2 amide bonds. The minimum Gasteiger partial charge on any atom is -0.368 e. The lowest BCUT2D eigenvalue weighted by atomic mass is 9.98. The van der Waals surface area contributed by atoms with Crippen LogP contribution in [0, 0.1) is 0 Å². The highest BCUT2D eigenvalue weighted by molar-refractivity contribution is 7.09. The molecule has 1 aromatic heterocycles. The van der Waals surface area contributed by atoms with E-state index in [0.717, 1.165) is 0 Å². The van der Waals surface area contributed by atoms with Gasteiger partial charge in [0.25, 0.3) is 5.91 Å². The first kappa shape index (κ1) is 14.6. The van der Waals surface area contributed by atoms with E-state index in [1.54, 1.807) is 26.2 Å². The maximum Gasteiger partial charge on any atom is 0.271 e. The molecule has 0 fully saturated rings. The molecule has 0 aliphatic heterocycles. The third kappa shape index (κ3) is 3.05. The highest BCUT2D eigenvalue weighted by atomic mass is 32.1. The second-order valence-electron chi connectivity index (χ2n) is 4.36. The summed E-state index contributed by atoms with van der Waals surface area (Å²) in [5.41, 5.74) is 10.1. The van der Waals surface area contributed by atoms with Crippen molar-refractivity contribution in [3.63, 3.8) is 0 Å². The molecule has 1 aromatic rings. The Bertz CT molecular complexity index is 458. The predicted octanol–water partition coefficient (Wildman–Crippen LogP) is 0.547. The molecule has 1 heterocycles. The van der Waals surface area contributed by atoms with Gasteiger partial charge in [0.15, 0.2) is 0 Å². The van der Waals surface area contributed by atoms with Crippen LogP contribution in [0.3, 0.4) is 0 Å². The van der Waals surface area contributed by atoms with Crippen molar-refractivity contribution in [2.24, 2.45) is 11.5 Å². The number of hydrogen-bond donors (Lipinski definition) is 3. The average molecular weight is 270 g/mol. The summed E-state index contributed by atoms with van der Waals surface area (Å²) in [7, 11) is 0. The van der Waals surface area contributed by atoms with Crippen molar-refractivity contribution in [3.05, 3.63) is 16.1 Å². The zero-order chi connectivity index (χ0) is 13.9. The number of thiazole rings is 1. The Labute approximate surface area is 110 Å². The van der Waals surface area contributed by atoms with E-state index < -0.39 is 17.4 Å². The van der Waals surface area contributed by atoms with Gasteiger partial charge in [-0.2, -0.15) is 0 Å². The van der Waals surface area contributed by atoms with Crippen molar-refractivity contribution >= 4 is 23.2 Å². The predicted molar refractivity (Wildman–Crippen MR) is 70.1 cm³/mol. The second kappa shape index (κ2) is 5.45. The summed E-state index contributed by atoms with van der Waals surface area (Å²) in [6.45, 7) is 5.16. The monoisotopic (exact) mass is 270 g/mol. The summed E-state index contributed by atoms with van der Waals surface area (Å²) in [4.78, 5) is 27.4. The van der Waals surface area contributed by atoms with Crippen molar-refractivity contribution in [2.45, 2.75) is 38.8 Å². The molecule has 2 atom stereocenters. The van der Waals surface area contributed by atoms with E-state index >= 15 is 0 Å². The van der Waals surface area contributed by atoms with E-state index in [4.69, 9.17) is 11.5 Å². The summed E-state index contributed by atoms with van der Waals surface area (Å²) < 4.78 is 0. The van der Waals surface area contributed by atoms with E-state index in [-0.39, 0.29) is 11.7 Å². The van der Waals surface area contributed by atoms with E-state index in [1.165, 1.54) is 11.3 Å². The van der Waals surface area contributed by atoms with Gasteiger partial charge in [0.2, 0.25) is 5.91 Å². The van der Waals surface area contributed by atoms with E-state index in [9.17, 15) is 9.59 Å². The van der Waals surface area contributed by atoms with Gasteiger partial charge in [-0.1, -0.05) is 6.92 Å². The summed E-state index contributed by atoms with van der Waals surface area (Å²) in [5.74, 6) is -0.984. The van der Waals surface area contributed by atoms with E-state index in [2.05, 4.69) is 10.3 Å². The lowest BCUT2D eigenvalue weighted by Gasteiger charge is -2.25. The molecule has 0 spiro atoms. The molecule has 0 aromatic carbocycles. The number of aromatic nitrogens is 1. The fourth-order valence-electron chi connectivity index (χ4n) is 1.24. The van der Waals surface area contributed by atoms with Crippen molar-refractivity contribution in [1.29, 1.82) is 0 Å². The molecule has 0 radical (unpaired) electrons. The number of carbonyl (C=O) groups is 2. The number of nitrogens with zero attached hydrogens (tertiary/aromatic N) is 1. The highest BCUT2D eigenvalue weighted by Gasteiger charge is 2.31. The summed E-state index contributed by atoms with van der Waals surface area (Å²) in [5, 5.41) is 4.90. The lowest BCUT2D eigenvalue weighted by Crippen LogP contribution is -2.54. The molecule has 0 saturated heterocycles. The normalized spacial score (nSPS) is 15.8. The molecule has 2 unspecified atom stereocenters. The van der Waals surface area contributed by atoms with Gasteiger partial charge in [0.1, 0.15) is 16.2 Å². The zero-order valence-corrected chi connectivity index (χ0v) is 11.5. The minimum atomic E-state index is -1.06. The molecule has 0 aliphatic carbocycles. The van der Waals surface area contributed by atoms with Crippen LogP contribution >= 0.6 is 11.3 Å². The highest BCUT2D eigenvalue weighted by Crippen LogP contribution is 2.17. The fraction of sp³-hybridized carbons (Fsp3) is 0.545. The Morgan fingerprint density at radius 3 is 2.61 bits per heavy atom. The van der Waals surface area contributed by atoms with Crippen LogP contribution in [-0.4, -0.2) is 22.3 Å². The van der Waals surface area contributed by atoms with Gasteiger partial charge in [0, 0.05) is 5.38 Å². The van der Waals surface area contributed by atoms with Gasteiger partial charge >= 0.3 is 0 Å². The standard InChI is InChI=1S/C11H18N4O2S/c1-4-11(3,10(13)17)15-8(16)7-5-18-9(14-7)6(2)12/h5-6H,4,12H2,1-3H3,(H2,13,17)(H,15,16). The Balaban J connectivity index is 2.84. The van der Waals surface area contributed by atoms with Gasteiger partial charge in [0.05, 0.1) is 6.04 Å². The summed E-state index contributed by atoms with van der Waals surface area (Å²) in [6.07, 6.45) is 0.415. The third-order valence-corrected chi connectivity index (χ3v) is 3.83. The largest absolute Gasteiger partial charge is 0.368 e. The SMILES string of the molecule is CCC(C)(NC(=O)c1csc(C(C)N)n1)C(N)=O. The minimum absolute atomic E-state index is 0.217. The van der Waals surface area contributed by atoms with Crippen molar-refractivity contribution in [2.75, 3.05) is 0 Å². The molecule has 18 heavy (non-hydrogen) atoms. The van der Waals surface area contributed by atoms with Gasteiger partial charge in [-0.3, -0.25) is 9.59 Å². The molecule has 0 saturated carbocycles. The first-order valence-electron chi connectivity index (χ1n) is 5.63. The smallest absolute Gasteiger partial charge is 0.271 e. The van der Waals surface area contributed by atoms with Crippen molar-refractivity contribution < 1.29 is 9.59 Å². The molecule has 6 nitrogen and oxygen atoms in total.